The minimum absolute atomic E-state index is 0.127. The second kappa shape index (κ2) is 7.17. The van der Waals surface area contributed by atoms with E-state index in [0.717, 1.165) is 38.4 Å². The molecular formula is C15H19NO2. The van der Waals surface area contributed by atoms with E-state index in [9.17, 15) is 0 Å². The lowest BCUT2D eigenvalue weighted by Gasteiger charge is -2.26. The number of nitrogens with zero attached hydrogens (tertiary/aromatic N) is 1. The summed E-state index contributed by atoms with van der Waals surface area (Å²) in [5.41, 5.74) is 2.32. The molecule has 96 valence electrons. The average Bonchev–Trinajstić information content (AvgIpc) is 2.42. The Morgan fingerprint density at radius 2 is 1.89 bits per heavy atom. The van der Waals surface area contributed by atoms with Crippen molar-refractivity contribution in [3.8, 4) is 11.8 Å². The first-order valence-corrected chi connectivity index (χ1v) is 6.37. The highest BCUT2D eigenvalue weighted by atomic mass is 16.5. The number of rotatable bonds is 3. The first kappa shape index (κ1) is 13.1. The molecule has 1 aromatic rings. The lowest BCUT2D eigenvalue weighted by molar-refractivity contribution is 0.0342. The van der Waals surface area contributed by atoms with Crippen molar-refractivity contribution in [3.63, 3.8) is 0 Å². The maximum atomic E-state index is 8.65. The molecule has 0 saturated carbocycles. The number of benzene rings is 1. The highest BCUT2D eigenvalue weighted by Crippen LogP contribution is 2.08. The molecule has 0 amide bonds. The maximum absolute atomic E-state index is 8.65. The first-order chi connectivity index (χ1) is 8.88. The van der Waals surface area contributed by atoms with Crippen LogP contribution in [0.5, 0.6) is 0 Å². The lowest BCUT2D eigenvalue weighted by Crippen LogP contribution is -2.35. The van der Waals surface area contributed by atoms with Crippen LogP contribution < -0.4 is 0 Å². The van der Waals surface area contributed by atoms with Gasteiger partial charge < -0.3 is 9.84 Å². The van der Waals surface area contributed by atoms with Crippen LogP contribution >= 0.6 is 0 Å². The van der Waals surface area contributed by atoms with Crippen molar-refractivity contribution in [2.75, 3.05) is 32.9 Å². The summed E-state index contributed by atoms with van der Waals surface area (Å²) in [6, 6.07) is 8.33. The normalized spacial score (nSPS) is 16.1. The number of aliphatic hydroxyl groups excluding tert-OH is 1. The van der Waals surface area contributed by atoms with Crippen LogP contribution in [0.15, 0.2) is 24.3 Å². The summed E-state index contributed by atoms with van der Waals surface area (Å²) < 4.78 is 5.33. The zero-order valence-corrected chi connectivity index (χ0v) is 10.6. The van der Waals surface area contributed by atoms with E-state index in [-0.39, 0.29) is 6.61 Å². The van der Waals surface area contributed by atoms with Crippen LogP contribution in [0, 0.1) is 11.8 Å². The summed E-state index contributed by atoms with van der Waals surface area (Å²) in [5.74, 6) is 5.96. The third kappa shape index (κ3) is 4.15. The summed E-state index contributed by atoms with van der Waals surface area (Å²) in [6.07, 6.45) is 0.537. The van der Waals surface area contributed by atoms with Gasteiger partial charge in [-0.05, 0) is 17.7 Å². The van der Waals surface area contributed by atoms with Gasteiger partial charge in [0.05, 0.1) is 19.8 Å². The Morgan fingerprint density at radius 1 is 1.17 bits per heavy atom. The highest BCUT2D eigenvalue weighted by molar-refractivity contribution is 5.36. The standard InChI is InChI=1S/C15H19NO2/c17-10-2-1-3-14-4-6-15(7-5-14)13-16-8-11-18-12-9-16/h4-7,17H,2,8-13H2. The lowest BCUT2D eigenvalue weighted by atomic mass is 10.1. The molecule has 0 spiro atoms. The van der Waals surface area contributed by atoms with Gasteiger partial charge in [0.1, 0.15) is 0 Å². The highest BCUT2D eigenvalue weighted by Gasteiger charge is 2.10. The van der Waals surface area contributed by atoms with E-state index in [0.29, 0.717) is 6.42 Å². The largest absolute Gasteiger partial charge is 0.395 e. The van der Waals surface area contributed by atoms with Crippen LogP contribution in [0.4, 0.5) is 0 Å². The van der Waals surface area contributed by atoms with Gasteiger partial charge in [0.25, 0.3) is 0 Å². The number of hydrogen-bond acceptors (Lipinski definition) is 3. The Labute approximate surface area is 108 Å². The molecule has 1 fully saturated rings. The fourth-order valence-electron chi connectivity index (χ4n) is 1.93. The van der Waals surface area contributed by atoms with Crippen molar-refractivity contribution >= 4 is 0 Å². The van der Waals surface area contributed by atoms with Gasteiger partial charge in [0, 0.05) is 31.6 Å². The quantitative estimate of drug-likeness (QED) is 0.814. The van der Waals surface area contributed by atoms with E-state index in [1.807, 2.05) is 12.1 Å². The first-order valence-electron chi connectivity index (χ1n) is 6.37. The van der Waals surface area contributed by atoms with E-state index in [4.69, 9.17) is 9.84 Å². The molecule has 0 atom stereocenters. The fraction of sp³-hybridized carbons (Fsp3) is 0.467. The zero-order valence-electron chi connectivity index (χ0n) is 10.6. The molecule has 1 heterocycles. The Bertz CT molecular complexity index is 410. The van der Waals surface area contributed by atoms with Crippen molar-refractivity contribution in [2.24, 2.45) is 0 Å². The van der Waals surface area contributed by atoms with Gasteiger partial charge in [-0.25, -0.2) is 0 Å². The van der Waals surface area contributed by atoms with Crippen molar-refractivity contribution < 1.29 is 9.84 Å². The van der Waals surface area contributed by atoms with Crippen molar-refractivity contribution in [3.05, 3.63) is 35.4 Å². The van der Waals surface area contributed by atoms with Gasteiger partial charge in [-0.15, -0.1) is 0 Å². The van der Waals surface area contributed by atoms with Crippen molar-refractivity contribution in [1.29, 1.82) is 0 Å². The molecule has 18 heavy (non-hydrogen) atoms. The van der Waals surface area contributed by atoms with E-state index in [2.05, 4.69) is 28.9 Å². The summed E-state index contributed by atoms with van der Waals surface area (Å²) in [4.78, 5) is 2.40. The molecule has 1 saturated heterocycles. The fourth-order valence-corrected chi connectivity index (χ4v) is 1.93. The Kier molecular flexibility index (Phi) is 5.22. The van der Waals surface area contributed by atoms with Crippen LogP contribution in [0.1, 0.15) is 17.5 Å². The van der Waals surface area contributed by atoms with Crippen LogP contribution in [-0.4, -0.2) is 42.9 Å². The Morgan fingerprint density at radius 3 is 2.56 bits per heavy atom. The predicted molar refractivity (Wildman–Crippen MR) is 71.1 cm³/mol. The molecule has 1 aliphatic heterocycles. The van der Waals surface area contributed by atoms with E-state index >= 15 is 0 Å². The average molecular weight is 245 g/mol. The molecule has 0 unspecified atom stereocenters. The van der Waals surface area contributed by atoms with Crippen LogP contribution in [0.3, 0.4) is 0 Å². The summed E-state index contributed by atoms with van der Waals surface area (Å²) in [7, 11) is 0. The number of aliphatic hydroxyl groups is 1. The second-order valence-corrected chi connectivity index (χ2v) is 4.36. The number of hydrogen-bond donors (Lipinski definition) is 1. The minimum Gasteiger partial charge on any atom is -0.395 e. The van der Waals surface area contributed by atoms with Gasteiger partial charge in [-0.3, -0.25) is 4.90 Å². The molecule has 1 aliphatic rings. The van der Waals surface area contributed by atoms with E-state index in [1.54, 1.807) is 0 Å². The third-order valence-electron chi connectivity index (χ3n) is 2.93. The van der Waals surface area contributed by atoms with Crippen molar-refractivity contribution in [2.45, 2.75) is 13.0 Å². The van der Waals surface area contributed by atoms with Gasteiger partial charge in [0.2, 0.25) is 0 Å². The SMILES string of the molecule is OCCC#Cc1ccc(CN2CCOCC2)cc1. The minimum atomic E-state index is 0.127. The molecular weight excluding hydrogens is 226 g/mol. The molecule has 0 radical (unpaired) electrons. The van der Waals surface area contributed by atoms with Crippen LogP contribution in [0.2, 0.25) is 0 Å². The maximum Gasteiger partial charge on any atom is 0.0594 e. The molecule has 1 N–H and O–H groups in total. The van der Waals surface area contributed by atoms with Gasteiger partial charge in [-0.1, -0.05) is 24.0 Å². The van der Waals surface area contributed by atoms with Crippen LogP contribution in [0.25, 0.3) is 0 Å². The molecule has 0 aromatic heterocycles. The van der Waals surface area contributed by atoms with E-state index < -0.39 is 0 Å². The van der Waals surface area contributed by atoms with Gasteiger partial charge >= 0.3 is 0 Å². The summed E-state index contributed by atoms with van der Waals surface area (Å²) in [6.45, 7) is 4.81. The molecule has 3 nitrogen and oxygen atoms in total. The molecule has 1 aromatic carbocycles. The van der Waals surface area contributed by atoms with E-state index in [1.165, 1.54) is 5.56 Å². The van der Waals surface area contributed by atoms with Crippen LogP contribution in [-0.2, 0) is 11.3 Å². The molecule has 3 heteroatoms. The number of morpholine rings is 1. The molecule has 0 bridgehead atoms. The predicted octanol–water partition coefficient (Wildman–Crippen LogP) is 1.25. The summed E-state index contributed by atoms with van der Waals surface area (Å²) in [5, 5.41) is 8.65. The Balaban J connectivity index is 1.89. The van der Waals surface area contributed by atoms with Gasteiger partial charge in [0.15, 0.2) is 0 Å². The smallest absolute Gasteiger partial charge is 0.0594 e. The molecule has 0 aliphatic carbocycles. The topological polar surface area (TPSA) is 32.7 Å². The zero-order chi connectivity index (χ0) is 12.6. The summed E-state index contributed by atoms with van der Waals surface area (Å²) >= 11 is 0. The molecule has 2 rings (SSSR count). The van der Waals surface area contributed by atoms with Gasteiger partial charge in [-0.2, -0.15) is 0 Å². The Hall–Kier alpha value is -1.34. The van der Waals surface area contributed by atoms with Crippen molar-refractivity contribution in [1.82, 2.24) is 4.90 Å². The third-order valence-corrected chi connectivity index (χ3v) is 2.93. The monoisotopic (exact) mass is 245 g/mol. The number of ether oxygens (including phenoxy) is 1. The second-order valence-electron chi connectivity index (χ2n) is 4.36.